The van der Waals surface area contributed by atoms with Gasteiger partial charge < -0.3 is 10.9 Å². The Bertz CT molecular complexity index is 241. The monoisotopic (exact) mass is 155 g/mol. The summed E-state index contributed by atoms with van der Waals surface area (Å²) in [4.78, 5) is 3.72. The predicted molar refractivity (Wildman–Crippen MR) is 38.1 cm³/mol. The van der Waals surface area contributed by atoms with E-state index in [4.69, 9.17) is 10.9 Å². The summed E-state index contributed by atoms with van der Waals surface area (Å²) in [5.74, 6) is 0.107. The number of nitrogens with two attached hydrogens (primary N) is 1. The van der Waals surface area contributed by atoms with Crippen molar-refractivity contribution in [2.75, 3.05) is 0 Å². The molecule has 0 aliphatic heterocycles. The van der Waals surface area contributed by atoms with Gasteiger partial charge in [0.2, 0.25) is 0 Å². The van der Waals surface area contributed by atoms with Gasteiger partial charge in [-0.2, -0.15) is 5.10 Å². The maximum Gasteiger partial charge on any atom is 0.163 e. The third kappa shape index (κ3) is 1.46. The second-order valence-corrected chi connectivity index (χ2v) is 2.08. The first-order chi connectivity index (χ1) is 5.25. The van der Waals surface area contributed by atoms with Gasteiger partial charge in [0.1, 0.15) is 18.7 Å². The van der Waals surface area contributed by atoms with E-state index in [1.54, 1.807) is 6.92 Å². The Morgan fingerprint density at radius 1 is 1.82 bits per heavy atom. The molecular formula is C5H9N5O. The van der Waals surface area contributed by atoms with Crippen LogP contribution in [0.2, 0.25) is 0 Å². The van der Waals surface area contributed by atoms with Crippen LogP contribution in [0, 0.1) is 0 Å². The molecule has 1 aromatic heterocycles. The molecule has 11 heavy (non-hydrogen) atoms. The highest BCUT2D eigenvalue weighted by Gasteiger charge is 2.08. The van der Waals surface area contributed by atoms with E-state index >= 15 is 0 Å². The Labute approximate surface area is 63.3 Å². The minimum atomic E-state index is -0.262. The fraction of sp³-hybridized carbons (Fsp3) is 0.400. The summed E-state index contributed by atoms with van der Waals surface area (Å²) in [6, 6.07) is -0.262. The molecule has 0 radical (unpaired) electrons. The van der Waals surface area contributed by atoms with Crippen molar-refractivity contribution in [2.45, 2.75) is 13.0 Å². The highest BCUT2D eigenvalue weighted by atomic mass is 16.4. The molecule has 3 N–H and O–H groups in total. The van der Waals surface area contributed by atoms with Crippen molar-refractivity contribution >= 4 is 5.84 Å². The Balaban J connectivity index is 2.78. The molecule has 1 aromatic rings. The van der Waals surface area contributed by atoms with Gasteiger partial charge in [0.25, 0.3) is 0 Å². The van der Waals surface area contributed by atoms with Crippen molar-refractivity contribution in [3.8, 4) is 0 Å². The number of hydrogen-bond acceptors (Lipinski definition) is 4. The van der Waals surface area contributed by atoms with Crippen molar-refractivity contribution in [3.05, 3.63) is 12.7 Å². The second kappa shape index (κ2) is 3.00. The van der Waals surface area contributed by atoms with Crippen LogP contribution in [-0.2, 0) is 0 Å². The zero-order chi connectivity index (χ0) is 8.27. The molecule has 0 aliphatic rings. The Hall–Kier alpha value is -1.59. The highest BCUT2D eigenvalue weighted by molar-refractivity contribution is 5.83. The van der Waals surface area contributed by atoms with Gasteiger partial charge in [-0.3, -0.25) is 0 Å². The molecule has 1 rings (SSSR count). The Morgan fingerprint density at radius 3 is 3.00 bits per heavy atom. The minimum Gasteiger partial charge on any atom is -0.409 e. The van der Waals surface area contributed by atoms with E-state index in [-0.39, 0.29) is 11.9 Å². The van der Waals surface area contributed by atoms with Gasteiger partial charge in [0.15, 0.2) is 5.84 Å². The van der Waals surface area contributed by atoms with Crippen LogP contribution in [0.15, 0.2) is 17.8 Å². The summed E-state index contributed by atoms with van der Waals surface area (Å²) in [7, 11) is 0. The van der Waals surface area contributed by atoms with Crippen molar-refractivity contribution in [3.63, 3.8) is 0 Å². The van der Waals surface area contributed by atoms with Crippen molar-refractivity contribution < 1.29 is 5.21 Å². The smallest absolute Gasteiger partial charge is 0.163 e. The lowest BCUT2D eigenvalue weighted by molar-refractivity contribution is 0.313. The van der Waals surface area contributed by atoms with Crippen molar-refractivity contribution in [2.24, 2.45) is 10.9 Å². The first kappa shape index (κ1) is 7.52. The molecule has 6 nitrogen and oxygen atoms in total. The number of nitrogens with zero attached hydrogens (tertiary/aromatic N) is 4. The normalized spacial score (nSPS) is 14.8. The van der Waals surface area contributed by atoms with Gasteiger partial charge in [0.05, 0.1) is 0 Å². The van der Waals surface area contributed by atoms with E-state index < -0.39 is 0 Å². The molecule has 1 atom stereocenters. The van der Waals surface area contributed by atoms with Crippen molar-refractivity contribution in [1.29, 1.82) is 0 Å². The van der Waals surface area contributed by atoms with E-state index in [1.165, 1.54) is 17.3 Å². The number of amidine groups is 1. The molecule has 1 heterocycles. The number of oxime groups is 1. The lowest BCUT2D eigenvalue weighted by Crippen LogP contribution is -2.24. The molecule has 0 aromatic carbocycles. The molecule has 0 spiro atoms. The molecule has 60 valence electrons. The van der Waals surface area contributed by atoms with Crippen LogP contribution in [0.25, 0.3) is 0 Å². The zero-order valence-electron chi connectivity index (χ0n) is 6.05. The van der Waals surface area contributed by atoms with Gasteiger partial charge in [-0.05, 0) is 6.92 Å². The quantitative estimate of drug-likeness (QED) is 0.263. The number of rotatable bonds is 2. The standard InChI is InChI=1S/C5H9N5O/c1-4(5(6)9-11)10-3-7-2-8-10/h2-4,11H,1H3,(H2,6,9). The van der Waals surface area contributed by atoms with Crippen LogP contribution in [0.3, 0.4) is 0 Å². The van der Waals surface area contributed by atoms with Crippen molar-refractivity contribution in [1.82, 2.24) is 14.8 Å². The summed E-state index contributed by atoms with van der Waals surface area (Å²) in [6.07, 6.45) is 2.89. The van der Waals surface area contributed by atoms with Crippen LogP contribution in [0.5, 0.6) is 0 Å². The van der Waals surface area contributed by atoms with Crippen LogP contribution in [-0.4, -0.2) is 25.8 Å². The molecule has 1 unspecified atom stereocenters. The molecule has 0 saturated carbocycles. The maximum atomic E-state index is 8.31. The van der Waals surface area contributed by atoms with Gasteiger partial charge in [-0.15, -0.1) is 0 Å². The molecule has 0 saturated heterocycles. The lowest BCUT2D eigenvalue weighted by Gasteiger charge is -2.07. The zero-order valence-corrected chi connectivity index (χ0v) is 6.05. The van der Waals surface area contributed by atoms with Crippen LogP contribution in [0.4, 0.5) is 0 Å². The van der Waals surface area contributed by atoms with E-state index in [9.17, 15) is 0 Å². The molecule has 0 bridgehead atoms. The molecule has 6 heteroatoms. The van der Waals surface area contributed by atoms with Gasteiger partial charge in [-0.25, -0.2) is 9.67 Å². The van der Waals surface area contributed by atoms with E-state index in [1.807, 2.05) is 0 Å². The molecular weight excluding hydrogens is 146 g/mol. The van der Waals surface area contributed by atoms with Gasteiger partial charge in [0, 0.05) is 0 Å². The third-order valence-electron chi connectivity index (χ3n) is 1.38. The fourth-order valence-electron chi connectivity index (χ4n) is 0.636. The first-order valence-corrected chi connectivity index (χ1v) is 3.07. The number of aromatic nitrogens is 3. The summed E-state index contributed by atoms with van der Waals surface area (Å²) < 4.78 is 1.50. The fourth-order valence-corrected chi connectivity index (χ4v) is 0.636. The number of hydrogen-bond donors (Lipinski definition) is 2. The summed E-state index contributed by atoms with van der Waals surface area (Å²) in [5, 5.41) is 15.0. The topological polar surface area (TPSA) is 89.3 Å². The minimum absolute atomic E-state index is 0.107. The average molecular weight is 155 g/mol. The van der Waals surface area contributed by atoms with Gasteiger partial charge in [-0.1, -0.05) is 5.16 Å². The molecule has 0 aliphatic carbocycles. The lowest BCUT2D eigenvalue weighted by atomic mass is 10.3. The van der Waals surface area contributed by atoms with E-state index in [2.05, 4.69) is 15.2 Å². The Kier molecular flexibility index (Phi) is 2.05. The van der Waals surface area contributed by atoms with E-state index in [0.717, 1.165) is 0 Å². The summed E-state index contributed by atoms with van der Waals surface area (Å²) in [6.45, 7) is 1.75. The summed E-state index contributed by atoms with van der Waals surface area (Å²) in [5.41, 5.74) is 5.32. The highest BCUT2D eigenvalue weighted by Crippen LogP contribution is 2.00. The third-order valence-corrected chi connectivity index (χ3v) is 1.38. The van der Waals surface area contributed by atoms with Crippen LogP contribution in [0.1, 0.15) is 13.0 Å². The van der Waals surface area contributed by atoms with Crippen LogP contribution >= 0.6 is 0 Å². The van der Waals surface area contributed by atoms with Crippen LogP contribution < -0.4 is 5.73 Å². The largest absolute Gasteiger partial charge is 0.409 e. The maximum absolute atomic E-state index is 8.31. The SMILES string of the molecule is CC(C(N)=NO)n1cncn1. The predicted octanol–water partition coefficient (Wildman–Crippen LogP) is -0.415. The molecule has 0 amide bonds. The average Bonchev–Trinajstić information content (AvgIpc) is 2.53. The van der Waals surface area contributed by atoms with E-state index in [0.29, 0.717) is 0 Å². The van der Waals surface area contributed by atoms with Gasteiger partial charge >= 0.3 is 0 Å². The first-order valence-electron chi connectivity index (χ1n) is 3.07. The molecule has 0 fully saturated rings. The summed E-state index contributed by atoms with van der Waals surface area (Å²) >= 11 is 0. The second-order valence-electron chi connectivity index (χ2n) is 2.08. The Morgan fingerprint density at radius 2 is 2.55 bits per heavy atom.